The average molecular weight is 230 g/mol. The number of halogens is 3. The van der Waals surface area contributed by atoms with Gasteiger partial charge < -0.3 is 9.64 Å². The zero-order valence-electron chi connectivity index (χ0n) is 8.50. The minimum atomic E-state index is -4.24. The number of hydrogen-bond acceptors (Lipinski definition) is 2. The van der Waals surface area contributed by atoms with Crippen molar-refractivity contribution in [2.45, 2.75) is 12.3 Å². The van der Waals surface area contributed by atoms with Gasteiger partial charge in [-0.15, -0.1) is 0 Å². The lowest BCUT2D eigenvalue weighted by Gasteiger charge is -2.40. The molecule has 1 radical (unpaired) electrons. The summed E-state index contributed by atoms with van der Waals surface area (Å²) in [4.78, 5) is 1.93. The van der Waals surface area contributed by atoms with Crippen molar-refractivity contribution >= 4 is 5.69 Å². The summed E-state index contributed by atoms with van der Waals surface area (Å²) in [5.74, 6) is 0. The summed E-state index contributed by atoms with van der Waals surface area (Å²) in [6.07, 6.45) is -4.56. The Bertz CT molecular complexity index is 333. The average Bonchev–Trinajstić information content (AvgIpc) is 2.15. The first-order chi connectivity index (χ1) is 7.54. The second kappa shape index (κ2) is 4.33. The maximum Gasteiger partial charge on any atom is 0.411 e. The van der Waals surface area contributed by atoms with E-state index in [1.165, 1.54) is 0 Å². The van der Waals surface area contributed by atoms with Crippen LogP contribution in [0.3, 0.4) is 0 Å². The van der Waals surface area contributed by atoms with Crippen LogP contribution in [0.4, 0.5) is 18.9 Å². The summed E-state index contributed by atoms with van der Waals surface area (Å²) in [6, 6.07) is 10.4. The molecule has 0 unspecified atom stereocenters. The van der Waals surface area contributed by atoms with Crippen molar-refractivity contribution in [2.75, 3.05) is 24.6 Å². The molecule has 0 bridgehead atoms. The van der Waals surface area contributed by atoms with Gasteiger partial charge in [-0.25, -0.2) is 0 Å². The van der Waals surface area contributed by atoms with Gasteiger partial charge in [0.05, 0.1) is 6.10 Å². The molecule has 0 aliphatic carbocycles. The third kappa shape index (κ3) is 2.88. The van der Waals surface area contributed by atoms with Crippen LogP contribution in [0.5, 0.6) is 0 Å². The highest BCUT2D eigenvalue weighted by Crippen LogP contribution is 2.23. The molecule has 0 saturated carbocycles. The van der Waals surface area contributed by atoms with Gasteiger partial charge in [0.25, 0.3) is 0 Å². The summed E-state index contributed by atoms with van der Waals surface area (Å²) >= 11 is 0. The van der Waals surface area contributed by atoms with Gasteiger partial charge in [-0.3, -0.25) is 0 Å². The Hall–Kier alpha value is -1.23. The first-order valence-corrected chi connectivity index (χ1v) is 4.94. The van der Waals surface area contributed by atoms with Crippen LogP contribution in [0.2, 0.25) is 0 Å². The van der Waals surface area contributed by atoms with Crippen LogP contribution in [0, 0.1) is 6.07 Å². The number of rotatable bonds is 3. The Morgan fingerprint density at radius 3 is 2.69 bits per heavy atom. The van der Waals surface area contributed by atoms with Crippen LogP contribution in [-0.4, -0.2) is 32.0 Å². The number of alkyl halides is 3. The minimum Gasteiger partial charge on any atom is -0.366 e. The molecular weight excluding hydrogens is 219 g/mol. The molecule has 0 atom stereocenters. The van der Waals surface area contributed by atoms with E-state index >= 15 is 0 Å². The lowest BCUT2D eigenvalue weighted by atomic mass is 10.1. The first kappa shape index (κ1) is 11.3. The lowest BCUT2D eigenvalue weighted by molar-refractivity contribution is -0.187. The number of para-hydroxylation sites is 1. The Morgan fingerprint density at radius 1 is 1.38 bits per heavy atom. The van der Waals surface area contributed by atoms with E-state index in [0.717, 1.165) is 5.69 Å². The maximum absolute atomic E-state index is 11.9. The van der Waals surface area contributed by atoms with Crippen molar-refractivity contribution in [3.05, 3.63) is 30.3 Å². The monoisotopic (exact) mass is 230 g/mol. The Kier molecular flexibility index (Phi) is 3.05. The zero-order chi connectivity index (χ0) is 11.6. The van der Waals surface area contributed by atoms with Crippen molar-refractivity contribution in [1.82, 2.24) is 0 Å². The fourth-order valence-corrected chi connectivity index (χ4v) is 1.53. The van der Waals surface area contributed by atoms with Gasteiger partial charge in [-0.2, -0.15) is 13.2 Å². The van der Waals surface area contributed by atoms with Crippen molar-refractivity contribution in [3.8, 4) is 0 Å². The van der Waals surface area contributed by atoms with Crippen LogP contribution in [-0.2, 0) is 4.74 Å². The van der Waals surface area contributed by atoms with Crippen molar-refractivity contribution in [2.24, 2.45) is 0 Å². The van der Waals surface area contributed by atoms with Crippen LogP contribution >= 0.6 is 0 Å². The van der Waals surface area contributed by atoms with Gasteiger partial charge in [0, 0.05) is 24.8 Å². The van der Waals surface area contributed by atoms with Crippen molar-refractivity contribution < 1.29 is 17.9 Å². The Morgan fingerprint density at radius 2 is 2.12 bits per heavy atom. The molecule has 5 heteroatoms. The van der Waals surface area contributed by atoms with Crippen LogP contribution in [0.25, 0.3) is 0 Å². The predicted molar refractivity (Wildman–Crippen MR) is 53.3 cm³/mol. The molecule has 1 aromatic carbocycles. The number of benzene rings is 1. The molecule has 2 rings (SSSR count). The van der Waals surface area contributed by atoms with E-state index in [1.54, 1.807) is 6.07 Å². The molecule has 0 spiro atoms. The molecule has 1 aliphatic heterocycles. The smallest absolute Gasteiger partial charge is 0.366 e. The molecule has 87 valence electrons. The van der Waals surface area contributed by atoms with Gasteiger partial charge in [0.2, 0.25) is 0 Å². The van der Waals surface area contributed by atoms with Crippen LogP contribution in [0.1, 0.15) is 0 Å². The Labute approximate surface area is 91.6 Å². The zero-order valence-corrected chi connectivity index (χ0v) is 8.50. The SMILES string of the molecule is FC(F)(F)COC1CN(c2[c]cccc2)C1. The van der Waals surface area contributed by atoms with Gasteiger partial charge in [0.1, 0.15) is 6.61 Å². The largest absolute Gasteiger partial charge is 0.411 e. The van der Waals surface area contributed by atoms with Gasteiger partial charge in [-0.1, -0.05) is 18.2 Å². The molecule has 1 aliphatic rings. The van der Waals surface area contributed by atoms with Gasteiger partial charge in [0.15, 0.2) is 0 Å². The summed E-state index contributed by atoms with van der Waals surface area (Å²) in [6.45, 7) is -0.169. The van der Waals surface area contributed by atoms with E-state index in [4.69, 9.17) is 4.74 Å². The van der Waals surface area contributed by atoms with E-state index in [0.29, 0.717) is 13.1 Å². The van der Waals surface area contributed by atoms with E-state index in [1.807, 2.05) is 23.1 Å². The van der Waals surface area contributed by atoms with E-state index in [9.17, 15) is 13.2 Å². The van der Waals surface area contributed by atoms with E-state index in [-0.39, 0.29) is 6.10 Å². The van der Waals surface area contributed by atoms with Crippen molar-refractivity contribution in [1.29, 1.82) is 0 Å². The molecule has 1 saturated heterocycles. The highest BCUT2D eigenvalue weighted by atomic mass is 19.4. The number of hydrogen-bond donors (Lipinski definition) is 0. The second-order valence-electron chi connectivity index (χ2n) is 3.70. The lowest BCUT2D eigenvalue weighted by Crippen LogP contribution is -2.53. The van der Waals surface area contributed by atoms with Crippen LogP contribution in [0.15, 0.2) is 24.3 Å². The number of anilines is 1. The van der Waals surface area contributed by atoms with Gasteiger partial charge in [-0.05, 0) is 6.07 Å². The topological polar surface area (TPSA) is 12.5 Å². The molecule has 1 fully saturated rings. The molecular formula is C11H11F3NO. The van der Waals surface area contributed by atoms with Crippen LogP contribution < -0.4 is 4.90 Å². The predicted octanol–water partition coefficient (Wildman–Crippen LogP) is 2.25. The van der Waals surface area contributed by atoms with Crippen molar-refractivity contribution in [3.63, 3.8) is 0 Å². The summed E-state index contributed by atoms with van der Waals surface area (Å²) in [5, 5.41) is 0. The van der Waals surface area contributed by atoms with E-state index in [2.05, 4.69) is 6.07 Å². The highest BCUT2D eigenvalue weighted by molar-refractivity contribution is 5.47. The first-order valence-electron chi connectivity index (χ1n) is 4.94. The quantitative estimate of drug-likeness (QED) is 0.789. The number of nitrogens with zero attached hydrogens (tertiary/aromatic N) is 1. The summed E-state index contributed by atoms with van der Waals surface area (Å²) < 4.78 is 40.3. The molecule has 0 amide bonds. The third-order valence-electron chi connectivity index (χ3n) is 2.36. The molecule has 0 N–H and O–H groups in total. The fourth-order valence-electron chi connectivity index (χ4n) is 1.53. The number of ether oxygens (including phenoxy) is 1. The van der Waals surface area contributed by atoms with E-state index < -0.39 is 12.8 Å². The molecule has 2 nitrogen and oxygen atoms in total. The second-order valence-corrected chi connectivity index (χ2v) is 3.70. The maximum atomic E-state index is 11.9. The Balaban J connectivity index is 1.74. The highest BCUT2D eigenvalue weighted by Gasteiger charge is 2.33. The molecule has 0 aromatic heterocycles. The van der Waals surface area contributed by atoms with Gasteiger partial charge >= 0.3 is 6.18 Å². The summed E-state index contributed by atoms with van der Waals surface area (Å²) in [5.41, 5.74) is 0.898. The molecule has 16 heavy (non-hydrogen) atoms. The minimum absolute atomic E-state index is 0.324. The summed E-state index contributed by atoms with van der Waals surface area (Å²) in [7, 11) is 0. The standard InChI is InChI=1S/C11H11F3NO/c12-11(13,14)8-16-10-6-15(7-10)9-4-2-1-3-5-9/h1-4,10H,6-8H2. The fraction of sp³-hybridized carbons (Fsp3) is 0.455. The normalized spacial score (nSPS) is 17.3. The molecule has 1 aromatic rings. The third-order valence-corrected chi connectivity index (χ3v) is 2.36. The molecule has 1 heterocycles.